The quantitative estimate of drug-likeness (QED) is 0.363. The third kappa shape index (κ3) is 6.35. The molecular weight excluding hydrogens is 578 g/mol. The van der Waals surface area contributed by atoms with Crippen LogP contribution in [0.25, 0.3) is 0 Å². The van der Waals surface area contributed by atoms with Crippen molar-refractivity contribution in [2.45, 2.75) is 29.1 Å². The van der Waals surface area contributed by atoms with Crippen LogP contribution >= 0.6 is 11.6 Å². The van der Waals surface area contributed by atoms with Gasteiger partial charge in [0.25, 0.3) is 10.0 Å². The van der Waals surface area contributed by atoms with E-state index in [1.807, 2.05) is 0 Å². The average molecular weight is 608 g/mol. The molecule has 1 aliphatic heterocycles. The maximum absolute atomic E-state index is 13.7. The molecule has 1 heterocycles. The number of benzene rings is 3. The number of piperidine rings is 1. The molecule has 0 spiro atoms. The largest absolute Gasteiger partial charge is 0.495 e. The van der Waals surface area contributed by atoms with E-state index >= 15 is 0 Å². The van der Waals surface area contributed by atoms with E-state index in [-0.39, 0.29) is 37.7 Å². The Balaban J connectivity index is 1.69. The number of sulfonamides is 2. The van der Waals surface area contributed by atoms with Gasteiger partial charge in [0.1, 0.15) is 18.0 Å². The van der Waals surface area contributed by atoms with Gasteiger partial charge >= 0.3 is 0 Å². The number of anilines is 2. The van der Waals surface area contributed by atoms with Gasteiger partial charge in [-0.15, -0.1) is 0 Å². The Morgan fingerprint density at radius 3 is 2.17 bits per heavy atom. The highest BCUT2D eigenvalue weighted by Gasteiger charge is 2.31. The van der Waals surface area contributed by atoms with E-state index in [1.165, 1.54) is 67.1 Å². The zero-order chi connectivity index (χ0) is 28.9. The molecule has 4 rings (SSSR count). The van der Waals surface area contributed by atoms with Crippen molar-refractivity contribution in [2.75, 3.05) is 43.5 Å². The molecule has 40 heavy (non-hydrogen) atoms. The van der Waals surface area contributed by atoms with E-state index in [4.69, 9.17) is 21.1 Å². The van der Waals surface area contributed by atoms with E-state index in [9.17, 15) is 21.6 Å². The minimum atomic E-state index is -4.25. The zero-order valence-electron chi connectivity index (χ0n) is 22.0. The molecule has 0 atom stereocenters. The van der Waals surface area contributed by atoms with Crippen molar-refractivity contribution in [2.24, 2.45) is 0 Å². The molecule has 214 valence electrons. The summed E-state index contributed by atoms with van der Waals surface area (Å²) in [5, 5.41) is 2.86. The summed E-state index contributed by atoms with van der Waals surface area (Å²) >= 11 is 6.19. The normalized spacial score (nSPS) is 14.4. The highest BCUT2D eigenvalue weighted by Crippen LogP contribution is 2.35. The van der Waals surface area contributed by atoms with Crippen LogP contribution in [0.2, 0.25) is 5.02 Å². The number of nitrogens with zero attached hydrogens (tertiary/aromatic N) is 2. The molecule has 10 nitrogen and oxygen atoms in total. The van der Waals surface area contributed by atoms with Crippen molar-refractivity contribution in [3.05, 3.63) is 71.8 Å². The summed E-state index contributed by atoms with van der Waals surface area (Å²) in [5.74, 6) is -0.347. The lowest BCUT2D eigenvalue weighted by atomic mass is 10.2. The first-order chi connectivity index (χ1) is 19.1. The number of hydrogen-bond acceptors (Lipinski definition) is 7. The van der Waals surface area contributed by atoms with Gasteiger partial charge in [0.05, 0.1) is 35.4 Å². The summed E-state index contributed by atoms with van der Waals surface area (Å²) in [5.41, 5.74) is 0.142. The van der Waals surface area contributed by atoms with Crippen LogP contribution in [0.1, 0.15) is 19.3 Å². The van der Waals surface area contributed by atoms with Crippen LogP contribution in [0.4, 0.5) is 11.4 Å². The van der Waals surface area contributed by atoms with Crippen LogP contribution in [0, 0.1) is 0 Å². The van der Waals surface area contributed by atoms with E-state index in [2.05, 4.69) is 5.32 Å². The number of rotatable bonds is 10. The van der Waals surface area contributed by atoms with Crippen LogP contribution in [0.5, 0.6) is 11.5 Å². The van der Waals surface area contributed by atoms with Crippen molar-refractivity contribution in [1.82, 2.24) is 4.31 Å². The predicted molar refractivity (Wildman–Crippen MR) is 153 cm³/mol. The number of amides is 1. The van der Waals surface area contributed by atoms with Crippen molar-refractivity contribution in [1.29, 1.82) is 0 Å². The molecule has 1 N–H and O–H groups in total. The maximum Gasteiger partial charge on any atom is 0.264 e. The van der Waals surface area contributed by atoms with Crippen LogP contribution in [-0.4, -0.2) is 60.9 Å². The van der Waals surface area contributed by atoms with Gasteiger partial charge in [-0.05, 0) is 61.4 Å². The first-order valence-corrected chi connectivity index (χ1v) is 15.7. The zero-order valence-corrected chi connectivity index (χ0v) is 24.4. The van der Waals surface area contributed by atoms with Gasteiger partial charge in [-0.1, -0.05) is 36.2 Å². The summed E-state index contributed by atoms with van der Waals surface area (Å²) in [4.78, 5) is 13.3. The lowest BCUT2D eigenvalue weighted by molar-refractivity contribution is -0.114. The molecule has 3 aromatic carbocycles. The number of carbonyl (C=O) groups excluding carboxylic acids is 1. The van der Waals surface area contributed by atoms with Gasteiger partial charge in [-0.3, -0.25) is 9.10 Å². The summed E-state index contributed by atoms with van der Waals surface area (Å²) < 4.78 is 66.9. The van der Waals surface area contributed by atoms with E-state index in [0.29, 0.717) is 13.1 Å². The summed E-state index contributed by atoms with van der Waals surface area (Å²) in [7, 11) is -5.29. The molecule has 0 aromatic heterocycles. The monoisotopic (exact) mass is 607 g/mol. The van der Waals surface area contributed by atoms with Gasteiger partial charge in [0.2, 0.25) is 15.9 Å². The van der Waals surface area contributed by atoms with Crippen molar-refractivity contribution < 1.29 is 31.1 Å². The second-order valence-corrected chi connectivity index (χ2v) is 13.3. The molecule has 1 fully saturated rings. The van der Waals surface area contributed by atoms with Crippen molar-refractivity contribution >= 4 is 48.9 Å². The molecule has 0 saturated carbocycles. The van der Waals surface area contributed by atoms with Gasteiger partial charge in [-0.2, -0.15) is 4.31 Å². The van der Waals surface area contributed by atoms with Gasteiger partial charge in [-0.25, -0.2) is 16.8 Å². The number of ether oxygens (including phenoxy) is 2. The molecule has 1 amide bonds. The Morgan fingerprint density at radius 1 is 0.875 bits per heavy atom. The first-order valence-electron chi connectivity index (χ1n) is 12.5. The van der Waals surface area contributed by atoms with Crippen LogP contribution in [0.3, 0.4) is 0 Å². The standard InChI is InChI=1S/C27H30ClN3O7S2/c1-37-25-14-12-22(39(33,34)30-15-7-4-8-16-30)18-23(25)29-27(32)19-31(24-17-20(28)11-13-26(24)38-2)40(35,36)21-9-5-3-6-10-21/h3,5-6,9-14,17-18H,4,7-8,15-16,19H2,1-2H3,(H,29,32). The maximum atomic E-state index is 13.7. The number of carbonyl (C=O) groups is 1. The molecule has 13 heteroatoms. The van der Waals surface area contributed by atoms with Crippen LogP contribution in [-0.2, 0) is 24.8 Å². The molecule has 0 aliphatic carbocycles. The number of halogens is 1. The Bertz CT molecular complexity index is 1580. The fraction of sp³-hybridized carbons (Fsp3) is 0.296. The minimum Gasteiger partial charge on any atom is -0.495 e. The highest BCUT2D eigenvalue weighted by molar-refractivity contribution is 7.93. The number of hydrogen-bond donors (Lipinski definition) is 1. The first kappa shape index (κ1) is 29.7. The fourth-order valence-corrected chi connectivity index (χ4v) is 7.55. The van der Waals surface area contributed by atoms with E-state index < -0.39 is 32.5 Å². The molecule has 0 bridgehead atoms. The fourth-order valence-electron chi connectivity index (χ4n) is 4.40. The van der Waals surface area contributed by atoms with Gasteiger partial charge in [0, 0.05) is 18.1 Å². The van der Waals surface area contributed by atoms with Crippen LogP contribution < -0.4 is 19.1 Å². The molecule has 3 aromatic rings. The highest BCUT2D eigenvalue weighted by atomic mass is 35.5. The van der Waals surface area contributed by atoms with E-state index in [0.717, 1.165) is 23.6 Å². The SMILES string of the molecule is COc1ccc(S(=O)(=O)N2CCCCC2)cc1NC(=O)CN(c1cc(Cl)ccc1OC)S(=O)(=O)c1ccccc1. The average Bonchev–Trinajstić information content (AvgIpc) is 2.96. The Morgan fingerprint density at radius 2 is 1.52 bits per heavy atom. The van der Waals surface area contributed by atoms with Crippen molar-refractivity contribution in [3.8, 4) is 11.5 Å². The molecule has 1 saturated heterocycles. The topological polar surface area (TPSA) is 122 Å². The molecular formula is C27H30ClN3O7S2. The second kappa shape index (κ2) is 12.5. The minimum absolute atomic E-state index is 0.00391. The van der Waals surface area contributed by atoms with Crippen molar-refractivity contribution in [3.63, 3.8) is 0 Å². The lowest BCUT2D eigenvalue weighted by Crippen LogP contribution is -2.38. The molecule has 0 unspecified atom stereocenters. The third-order valence-electron chi connectivity index (χ3n) is 6.43. The molecule has 1 aliphatic rings. The smallest absolute Gasteiger partial charge is 0.264 e. The van der Waals surface area contributed by atoms with Gasteiger partial charge < -0.3 is 14.8 Å². The summed E-state index contributed by atoms with van der Waals surface area (Å²) in [6, 6.07) is 16.2. The summed E-state index contributed by atoms with van der Waals surface area (Å²) in [6.07, 6.45) is 2.52. The Kier molecular flexibility index (Phi) is 9.24. The number of methoxy groups -OCH3 is 2. The Hall–Kier alpha value is -3.32. The van der Waals surface area contributed by atoms with E-state index in [1.54, 1.807) is 18.2 Å². The van der Waals surface area contributed by atoms with Gasteiger partial charge in [0.15, 0.2) is 0 Å². The lowest BCUT2D eigenvalue weighted by Gasteiger charge is -2.27. The predicted octanol–water partition coefficient (Wildman–Crippen LogP) is 4.37. The summed E-state index contributed by atoms with van der Waals surface area (Å²) in [6.45, 7) is 0.174. The molecule has 0 radical (unpaired) electrons. The number of nitrogens with one attached hydrogen (secondary N) is 1. The van der Waals surface area contributed by atoms with Crippen LogP contribution in [0.15, 0.2) is 76.5 Å². The Labute approximate surface area is 239 Å². The second-order valence-electron chi connectivity index (χ2n) is 9.02. The third-order valence-corrected chi connectivity index (χ3v) is 10.3.